The van der Waals surface area contributed by atoms with Crippen molar-refractivity contribution in [3.63, 3.8) is 0 Å². The first-order valence-electron chi connectivity index (χ1n) is 30.3. The van der Waals surface area contributed by atoms with Crippen LogP contribution in [0, 0.1) is 11.8 Å². The first-order valence-corrected chi connectivity index (χ1v) is 30.3. The number of ether oxygens (including phenoxy) is 3. The Balaban J connectivity index is 4.21. The highest BCUT2D eigenvalue weighted by atomic mass is 16.6. The molecule has 1 unspecified atom stereocenters. The highest BCUT2D eigenvalue weighted by Gasteiger charge is 2.19. The van der Waals surface area contributed by atoms with E-state index in [9.17, 15) is 14.4 Å². The minimum Gasteiger partial charge on any atom is -0.462 e. The topological polar surface area (TPSA) is 78.9 Å². The minimum absolute atomic E-state index is 0.0623. The van der Waals surface area contributed by atoms with Crippen molar-refractivity contribution < 1.29 is 28.6 Å². The van der Waals surface area contributed by atoms with E-state index in [1.54, 1.807) is 0 Å². The van der Waals surface area contributed by atoms with E-state index >= 15 is 0 Å². The molecule has 0 saturated heterocycles. The first-order chi connectivity index (χ1) is 32.8. The van der Waals surface area contributed by atoms with Crippen LogP contribution in [0.15, 0.2) is 0 Å². The lowest BCUT2D eigenvalue weighted by atomic mass is 9.99. The van der Waals surface area contributed by atoms with Gasteiger partial charge in [-0.25, -0.2) is 0 Å². The Bertz CT molecular complexity index is 1030. The Hall–Kier alpha value is -1.59. The SMILES string of the molecule is CCCCCCCCCCCCCC(=O)OC[C@H](COC(=O)CCCCCCCCCCCCCCCCCCCCC(C)CC)OC(=O)CCCCCCCCCCCCCCCC(C)C. The van der Waals surface area contributed by atoms with Crippen molar-refractivity contribution in [2.45, 2.75) is 349 Å². The molecule has 0 aromatic heterocycles. The van der Waals surface area contributed by atoms with Gasteiger partial charge in [0.1, 0.15) is 13.2 Å². The van der Waals surface area contributed by atoms with E-state index in [4.69, 9.17) is 14.2 Å². The molecule has 0 aliphatic heterocycles. The zero-order valence-electron chi connectivity index (χ0n) is 46.0. The van der Waals surface area contributed by atoms with E-state index in [-0.39, 0.29) is 31.1 Å². The molecule has 0 aromatic rings. The van der Waals surface area contributed by atoms with E-state index in [1.807, 2.05) is 0 Å². The smallest absolute Gasteiger partial charge is 0.306 e. The summed E-state index contributed by atoms with van der Waals surface area (Å²) in [5.74, 6) is 0.911. The maximum absolute atomic E-state index is 12.9. The van der Waals surface area contributed by atoms with Gasteiger partial charge in [0, 0.05) is 19.3 Å². The fourth-order valence-electron chi connectivity index (χ4n) is 9.37. The third-order valence-electron chi connectivity index (χ3n) is 14.3. The number of rotatable bonds is 55. The summed E-state index contributed by atoms with van der Waals surface area (Å²) in [5, 5.41) is 0. The lowest BCUT2D eigenvalue weighted by Crippen LogP contribution is -2.30. The normalized spacial score (nSPS) is 12.4. The first kappa shape index (κ1) is 65.4. The molecule has 0 fully saturated rings. The molecule has 0 aliphatic rings. The van der Waals surface area contributed by atoms with Crippen LogP contribution >= 0.6 is 0 Å². The van der Waals surface area contributed by atoms with Crippen LogP contribution in [0.25, 0.3) is 0 Å². The molecule has 2 atom stereocenters. The van der Waals surface area contributed by atoms with Crippen LogP contribution < -0.4 is 0 Å². The van der Waals surface area contributed by atoms with E-state index in [1.165, 1.54) is 231 Å². The molecular weight excluding hydrogens is 829 g/mol. The molecule has 0 bridgehead atoms. The van der Waals surface area contributed by atoms with Crippen molar-refractivity contribution in [3.8, 4) is 0 Å². The predicted molar refractivity (Wildman–Crippen MR) is 289 cm³/mol. The molecule has 6 nitrogen and oxygen atoms in total. The molecule has 0 spiro atoms. The van der Waals surface area contributed by atoms with Crippen molar-refractivity contribution in [3.05, 3.63) is 0 Å². The summed E-state index contributed by atoms with van der Waals surface area (Å²) in [4.78, 5) is 38.1. The van der Waals surface area contributed by atoms with Gasteiger partial charge in [-0.15, -0.1) is 0 Å². The van der Waals surface area contributed by atoms with Gasteiger partial charge in [-0.2, -0.15) is 0 Å². The van der Waals surface area contributed by atoms with Gasteiger partial charge in [0.15, 0.2) is 6.10 Å². The predicted octanol–water partition coefficient (Wildman–Crippen LogP) is 20.0. The highest BCUT2D eigenvalue weighted by Crippen LogP contribution is 2.19. The van der Waals surface area contributed by atoms with E-state index in [0.29, 0.717) is 19.3 Å². The van der Waals surface area contributed by atoms with Gasteiger partial charge in [0.2, 0.25) is 0 Å². The van der Waals surface area contributed by atoms with E-state index in [2.05, 4.69) is 34.6 Å². The molecule has 6 heteroatoms. The van der Waals surface area contributed by atoms with Crippen LogP contribution in [-0.4, -0.2) is 37.2 Å². The van der Waals surface area contributed by atoms with Gasteiger partial charge in [0.25, 0.3) is 0 Å². The quantitative estimate of drug-likeness (QED) is 0.0343. The Kier molecular flexibility index (Phi) is 52.5. The van der Waals surface area contributed by atoms with Gasteiger partial charge in [0.05, 0.1) is 0 Å². The van der Waals surface area contributed by atoms with Gasteiger partial charge < -0.3 is 14.2 Å². The van der Waals surface area contributed by atoms with Crippen LogP contribution in [0.1, 0.15) is 343 Å². The van der Waals surface area contributed by atoms with Crippen molar-refractivity contribution in [2.24, 2.45) is 11.8 Å². The molecule has 67 heavy (non-hydrogen) atoms. The zero-order chi connectivity index (χ0) is 48.9. The third kappa shape index (κ3) is 53.6. The van der Waals surface area contributed by atoms with Crippen LogP contribution in [0.5, 0.6) is 0 Å². The second kappa shape index (κ2) is 53.8. The summed E-state index contributed by atoms with van der Waals surface area (Å²) in [6.07, 6.45) is 58.1. The number of carbonyl (C=O) groups is 3. The lowest BCUT2D eigenvalue weighted by molar-refractivity contribution is -0.167. The molecule has 0 N–H and O–H groups in total. The van der Waals surface area contributed by atoms with Crippen molar-refractivity contribution >= 4 is 17.9 Å². The highest BCUT2D eigenvalue weighted by molar-refractivity contribution is 5.71. The van der Waals surface area contributed by atoms with Crippen LogP contribution in [0.3, 0.4) is 0 Å². The Labute approximate surface area is 418 Å². The Morgan fingerprint density at radius 2 is 0.567 bits per heavy atom. The molecule has 0 amide bonds. The van der Waals surface area contributed by atoms with E-state index in [0.717, 1.165) is 69.6 Å². The number of hydrogen-bond donors (Lipinski definition) is 0. The van der Waals surface area contributed by atoms with Crippen molar-refractivity contribution in [1.29, 1.82) is 0 Å². The summed E-state index contributed by atoms with van der Waals surface area (Å²) < 4.78 is 16.9. The molecule has 0 aromatic carbocycles. The molecular formula is C61H118O6. The van der Waals surface area contributed by atoms with Crippen molar-refractivity contribution in [2.75, 3.05) is 13.2 Å². The molecule has 0 saturated carbocycles. The van der Waals surface area contributed by atoms with Crippen LogP contribution in [0.4, 0.5) is 0 Å². The summed E-state index contributed by atoms with van der Waals surface area (Å²) in [5.41, 5.74) is 0. The van der Waals surface area contributed by atoms with Gasteiger partial charge in [-0.1, -0.05) is 304 Å². The summed E-state index contributed by atoms with van der Waals surface area (Å²) >= 11 is 0. The minimum atomic E-state index is -0.762. The van der Waals surface area contributed by atoms with Crippen LogP contribution in [0.2, 0.25) is 0 Å². The largest absolute Gasteiger partial charge is 0.462 e. The Morgan fingerprint density at radius 1 is 0.313 bits per heavy atom. The average molecular weight is 948 g/mol. The second-order valence-electron chi connectivity index (χ2n) is 21.7. The standard InChI is InChI=1S/C61H118O6/c1-6-8-9-10-11-12-24-31-36-41-46-51-59(62)65-54-58(67-61(64)53-48-43-38-33-28-23-19-20-25-29-34-39-44-49-56(3)4)55-66-60(63)52-47-42-37-32-27-22-18-16-14-13-15-17-21-26-30-35-40-45-50-57(5)7-2/h56-58H,6-55H2,1-5H3/t57?,58-/m1/s1. The molecule has 398 valence electrons. The van der Waals surface area contributed by atoms with E-state index < -0.39 is 6.10 Å². The molecule has 0 radical (unpaired) electrons. The number of carbonyl (C=O) groups excluding carboxylic acids is 3. The molecule has 0 aliphatic carbocycles. The molecule has 0 rings (SSSR count). The van der Waals surface area contributed by atoms with Crippen LogP contribution in [-0.2, 0) is 28.6 Å². The number of unbranched alkanes of at least 4 members (excludes halogenated alkanes) is 39. The third-order valence-corrected chi connectivity index (χ3v) is 14.3. The van der Waals surface area contributed by atoms with Gasteiger partial charge in [-0.05, 0) is 31.1 Å². The number of esters is 3. The number of hydrogen-bond acceptors (Lipinski definition) is 6. The fourth-order valence-corrected chi connectivity index (χ4v) is 9.37. The monoisotopic (exact) mass is 947 g/mol. The summed E-state index contributed by atoms with van der Waals surface area (Å²) in [6.45, 7) is 11.5. The van der Waals surface area contributed by atoms with Gasteiger partial charge >= 0.3 is 17.9 Å². The lowest BCUT2D eigenvalue weighted by Gasteiger charge is -2.18. The molecule has 0 heterocycles. The summed E-state index contributed by atoms with van der Waals surface area (Å²) in [6, 6.07) is 0. The average Bonchev–Trinajstić information content (AvgIpc) is 3.31. The summed E-state index contributed by atoms with van der Waals surface area (Å²) in [7, 11) is 0. The van der Waals surface area contributed by atoms with Crippen molar-refractivity contribution in [1.82, 2.24) is 0 Å². The maximum atomic E-state index is 12.9. The fraction of sp³-hybridized carbons (Fsp3) is 0.951. The Morgan fingerprint density at radius 3 is 0.851 bits per heavy atom. The maximum Gasteiger partial charge on any atom is 0.306 e. The zero-order valence-corrected chi connectivity index (χ0v) is 46.0. The van der Waals surface area contributed by atoms with Gasteiger partial charge in [-0.3, -0.25) is 14.4 Å². The second-order valence-corrected chi connectivity index (χ2v) is 21.7.